The van der Waals surface area contributed by atoms with E-state index in [-0.39, 0.29) is 0 Å². The van der Waals surface area contributed by atoms with Gasteiger partial charge in [-0.15, -0.1) is 0 Å². The molecule has 0 amide bonds. The Labute approximate surface area is 91.8 Å². The van der Waals surface area contributed by atoms with Gasteiger partial charge in [-0.1, -0.05) is 28.1 Å². The number of nitrogens with zero attached hydrogens (tertiary/aromatic N) is 1. The highest BCUT2D eigenvalue weighted by atomic mass is 79.9. The Kier molecular flexibility index (Phi) is 2.84. The molecule has 1 aromatic carbocycles. The molecule has 2 heteroatoms. The van der Waals surface area contributed by atoms with Crippen LogP contribution >= 0.6 is 15.9 Å². The van der Waals surface area contributed by atoms with Crippen molar-refractivity contribution in [1.29, 1.82) is 0 Å². The maximum atomic E-state index is 3.44. The van der Waals surface area contributed by atoms with Crippen LogP contribution < -0.4 is 0 Å². The van der Waals surface area contributed by atoms with E-state index >= 15 is 0 Å². The maximum absolute atomic E-state index is 3.44. The van der Waals surface area contributed by atoms with E-state index in [2.05, 4.69) is 34.1 Å². The van der Waals surface area contributed by atoms with Crippen molar-refractivity contribution < 1.29 is 0 Å². The Morgan fingerprint density at radius 2 is 1.86 bits per heavy atom. The number of hydrogen-bond acceptors (Lipinski definition) is 0. The van der Waals surface area contributed by atoms with Crippen molar-refractivity contribution in [2.75, 3.05) is 0 Å². The van der Waals surface area contributed by atoms with Crippen LogP contribution in [0.2, 0.25) is 0 Å². The highest BCUT2D eigenvalue weighted by molar-refractivity contribution is 9.10. The number of hydrogen-bond donors (Lipinski definition) is 0. The summed E-state index contributed by atoms with van der Waals surface area (Å²) in [6.07, 6.45) is 8.12. The van der Waals surface area contributed by atoms with E-state index in [4.69, 9.17) is 0 Å². The highest BCUT2D eigenvalue weighted by Gasteiger charge is 1.88. The van der Waals surface area contributed by atoms with Crippen LogP contribution in [0.1, 0.15) is 5.56 Å². The van der Waals surface area contributed by atoms with Crippen LogP contribution in [-0.4, -0.2) is 4.57 Å². The van der Waals surface area contributed by atoms with Gasteiger partial charge in [0, 0.05) is 23.1 Å². The molecule has 0 aliphatic rings. The second kappa shape index (κ2) is 4.29. The molecule has 0 unspecified atom stereocenters. The average Bonchev–Trinajstić information content (AvgIpc) is 2.67. The lowest BCUT2D eigenvalue weighted by Gasteiger charge is -1.95. The van der Waals surface area contributed by atoms with Crippen molar-refractivity contribution >= 4 is 28.2 Å². The molecule has 0 spiro atoms. The van der Waals surface area contributed by atoms with Crippen molar-refractivity contribution in [3.05, 3.63) is 58.8 Å². The smallest absolute Gasteiger partial charge is 0.0181 e. The molecule has 14 heavy (non-hydrogen) atoms. The molecule has 0 saturated carbocycles. The minimum atomic E-state index is 1.10. The van der Waals surface area contributed by atoms with E-state index in [1.54, 1.807) is 0 Å². The molecule has 0 radical (unpaired) electrons. The SMILES string of the molecule is Brc1cccc(C=Cn2cccc2)c1. The van der Waals surface area contributed by atoms with Gasteiger partial charge >= 0.3 is 0 Å². The minimum Gasteiger partial charge on any atom is -0.331 e. The topological polar surface area (TPSA) is 4.93 Å². The molecular formula is C12H10BrN. The molecule has 0 atom stereocenters. The summed E-state index contributed by atoms with van der Waals surface area (Å²) in [4.78, 5) is 0. The van der Waals surface area contributed by atoms with Gasteiger partial charge in [-0.3, -0.25) is 0 Å². The number of benzene rings is 1. The van der Waals surface area contributed by atoms with Crippen LogP contribution in [0.25, 0.3) is 12.3 Å². The van der Waals surface area contributed by atoms with Gasteiger partial charge in [-0.2, -0.15) is 0 Å². The number of halogens is 1. The lowest BCUT2D eigenvalue weighted by Crippen LogP contribution is -1.78. The summed E-state index contributed by atoms with van der Waals surface area (Å²) in [5, 5.41) is 0. The quantitative estimate of drug-likeness (QED) is 0.760. The fraction of sp³-hybridized carbons (Fsp3) is 0. The molecule has 0 fully saturated rings. The van der Waals surface area contributed by atoms with Gasteiger partial charge in [0.2, 0.25) is 0 Å². The largest absolute Gasteiger partial charge is 0.331 e. The molecule has 2 aromatic rings. The lowest BCUT2D eigenvalue weighted by atomic mass is 10.2. The normalized spacial score (nSPS) is 10.9. The van der Waals surface area contributed by atoms with Crippen molar-refractivity contribution in [2.24, 2.45) is 0 Å². The second-order valence-corrected chi connectivity index (χ2v) is 3.92. The Morgan fingerprint density at radius 1 is 1.07 bits per heavy atom. The third kappa shape index (κ3) is 2.36. The van der Waals surface area contributed by atoms with Gasteiger partial charge in [0.1, 0.15) is 0 Å². The van der Waals surface area contributed by atoms with E-state index in [1.165, 1.54) is 5.56 Å². The minimum absolute atomic E-state index is 1.10. The predicted molar refractivity (Wildman–Crippen MR) is 63.8 cm³/mol. The van der Waals surface area contributed by atoms with E-state index < -0.39 is 0 Å². The van der Waals surface area contributed by atoms with Crippen LogP contribution in [0.5, 0.6) is 0 Å². The average molecular weight is 248 g/mol. The third-order valence-electron chi connectivity index (χ3n) is 1.92. The molecular weight excluding hydrogens is 238 g/mol. The zero-order chi connectivity index (χ0) is 9.80. The van der Waals surface area contributed by atoms with E-state index in [0.717, 1.165) is 4.47 Å². The Morgan fingerprint density at radius 3 is 2.57 bits per heavy atom. The van der Waals surface area contributed by atoms with Gasteiger partial charge in [-0.25, -0.2) is 0 Å². The summed E-state index contributed by atoms with van der Waals surface area (Å²) < 4.78 is 3.12. The van der Waals surface area contributed by atoms with Crippen LogP contribution in [-0.2, 0) is 0 Å². The van der Waals surface area contributed by atoms with Crippen LogP contribution in [0.15, 0.2) is 53.3 Å². The van der Waals surface area contributed by atoms with Gasteiger partial charge in [0.25, 0.3) is 0 Å². The zero-order valence-corrected chi connectivity index (χ0v) is 9.18. The molecule has 0 bridgehead atoms. The van der Waals surface area contributed by atoms with E-state index in [0.29, 0.717) is 0 Å². The maximum Gasteiger partial charge on any atom is 0.0181 e. The lowest BCUT2D eigenvalue weighted by molar-refractivity contribution is 1.18. The molecule has 0 saturated heterocycles. The summed E-state index contributed by atoms with van der Waals surface area (Å²) in [6.45, 7) is 0. The van der Waals surface area contributed by atoms with Gasteiger partial charge < -0.3 is 4.57 Å². The summed E-state index contributed by atoms with van der Waals surface area (Å²) in [5.41, 5.74) is 1.19. The summed E-state index contributed by atoms with van der Waals surface area (Å²) in [7, 11) is 0. The number of aromatic nitrogens is 1. The molecule has 1 nitrogen and oxygen atoms in total. The molecule has 1 heterocycles. The van der Waals surface area contributed by atoms with Crippen molar-refractivity contribution in [2.45, 2.75) is 0 Å². The first kappa shape index (κ1) is 9.28. The molecule has 0 N–H and O–H groups in total. The second-order valence-electron chi connectivity index (χ2n) is 3.00. The Hall–Kier alpha value is -1.28. The molecule has 0 aliphatic carbocycles. The van der Waals surface area contributed by atoms with Crippen molar-refractivity contribution in [1.82, 2.24) is 4.57 Å². The molecule has 2 rings (SSSR count). The fourth-order valence-electron chi connectivity index (χ4n) is 1.23. The first-order valence-corrected chi connectivity index (χ1v) is 5.20. The monoisotopic (exact) mass is 247 g/mol. The Bertz CT molecular complexity index is 429. The van der Waals surface area contributed by atoms with Gasteiger partial charge in [-0.05, 0) is 35.9 Å². The first-order chi connectivity index (χ1) is 6.84. The summed E-state index contributed by atoms with van der Waals surface area (Å²) in [6, 6.07) is 12.2. The Balaban J connectivity index is 2.18. The molecule has 0 aliphatic heterocycles. The van der Waals surface area contributed by atoms with Gasteiger partial charge in [0.05, 0.1) is 0 Å². The first-order valence-electron chi connectivity index (χ1n) is 4.41. The highest BCUT2D eigenvalue weighted by Crippen LogP contribution is 2.13. The van der Waals surface area contributed by atoms with Crippen molar-refractivity contribution in [3.63, 3.8) is 0 Å². The molecule has 70 valence electrons. The number of rotatable bonds is 2. The van der Waals surface area contributed by atoms with E-state index in [1.807, 2.05) is 47.4 Å². The van der Waals surface area contributed by atoms with Crippen molar-refractivity contribution in [3.8, 4) is 0 Å². The summed E-state index contributed by atoms with van der Waals surface area (Å²) >= 11 is 3.44. The molecule has 1 aromatic heterocycles. The van der Waals surface area contributed by atoms with Gasteiger partial charge in [0.15, 0.2) is 0 Å². The van der Waals surface area contributed by atoms with Crippen LogP contribution in [0.3, 0.4) is 0 Å². The zero-order valence-electron chi connectivity index (χ0n) is 7.60. The predicted octanol–water partition coefficient (Wildman–Crippen LogP) is 3.88. The van der Waals surface area contributed by atoms with Crippen LogP contribution in [0.4, 0.5) is 0 Å². The summed E-state index contributed by atoms with van der Waals surface area (Å²) in [5.74, 6) is 0. The third-order valence-corrected chi connectivity index (χ3v) is 2.41. The standard InChI is InChI=1S/C12H10BrN/c13-12-5-3-4-11(10-12)6-9-14-7-1-2-8-14/h1-10H. The van der Waals surface area contributed by atoms with Crippen LogP contribution in [0, 0.1) is 0 Å². The fourth-order valence-corrected chi connectivity index (χ4v) is 1.65. The van der Waals surface area contributed by atoms with E-state index in [9.17, 15) is 0 Å².